The molecule has 1 fully saturated rings. The first-order valence-electron chi connectivity index (χ1n) is 8.40. The Kier molecular flexibility index (Phi) is 6.44. The van der Waals surface area contributed by atoms with Crippen LogP contribution >= 0.6 is 0 Å². The molecule has 1 saturated carbocycles. The van der Waals surface area contributed by atoms with E-state index < -0.39 is 0 Å². The molecule has 0 atom stereocenters. The summed E-state index contributed by atoms with van der Waals surface area (Å²) >= 11 is 0. The fourth-order valence-corrected chi connectivity index (χ4v) is 2.83. The molecule has 0 radical (unpaired) electrons. The second-order valence-corrected chi connectivity index (χ2v) is 6.01. The molecule has 0 bridgehead atoms. The number of unbranched alkanes of at least 4 members (excludes halogenated alkanes) is 1. The highest BCUT2D eigenvalue weighted by Crippen LogP contribution is 2.25. The highest BCUT2D eigenvalue weighted by atomic mass is 16.2. The number of amides is 2. The smallest absolute Gasteiger partial charge is 0.251 e. The molecule has 120 valence electrons. The number of hydrogen-bond acceptors (Lipinski definition) is 2. The van der Waals surface area contributed by atoms with Crippen molar-refractivity contribution in [3.05, 3.63) is 29.8 Å². The van der Waals surface area contributed by atoms with Crippen molar-refractivity contribution in [2.45, 2.75) is 51.9 Å². The van der Waals surface area contributed by atoms with Gasteiger partial charge in [0.2, 0.25) is 5.91 Å². The Morgan fingerprint density at radius 3 is 2.68 bits per heavy atom. The molecule has 2 rings (SSSR count). The zero-order chi connectivity index (χ0) is 15.8. The summed E-state index contributed by atoms with van der Waals surface area (Å²) in [6.07, 6.45) is 7.49. The van der Waals surface area contributed by atoms with Gasteiger partial charge < -0.3 is 10.6 Å². The Bertz CT molecular complexity index is 508. The van der Waals surface area contributed by atoms with E-state index in [-0.39, 0.29) is 17.7 Å². The largest absolute Gasteiger partial charge is 0.352 e. The van der Waals surface area contributed by atoms with Gasteiger partial charge >= 0.3 is 0 Å². The fraction of sp³-hybridized carbons (Fsp3) is 0.556. The number of carbonyl (C=O) groups excluding carboxylic acids is 2. The summed E-state index contributed by atoms with van der Waals surface area (Å²) in [6, 6.07) is 7.17. The van der Waals surface area contributed by atoms with E-state index in [2.05, 4.69) is 17.6 Å². The second kappa shape index (κ2) is 8.57. The van der Waals surface area contributed by atoms with Crippen molar-refractivity contribution in [2.24, 2.45) is 5.92 Å². The summed E-state index contributed by atoms with van der Waals surface area (Å²) < 4.78 is 0. The van der Waals surface area contributed by atoms with Crippen molar-refractivity contribution >= 4 is 17.5 Å². The summed E-state index contributed by atoms with van der Waals surface area (Å²) in [7, 11) is 0. The molecular weight excluding hydrogens is 276 g/mol. The molecule has 1 aliphatic rings. The van der Waals surface area contributed by atoms with Gasteiger partial charge in [-0.2, -0.15) is 0 Å². The summed E-state index contributed by atoms with van der Waals surface area (Å²) in [5.74, 6) is 0.126. The molecule has 0 heterocycles. The van der Waals surface area contributed by atoms with Gasteiger partial charge in [0.05, 0.1) is 0 Å². The van der Waals surface area contributed by atoms with Crippen LogP contribution in [0.2, 0.25) is 0 Å². The van der Waals surface area contributed by atoms with E-state index in [0.29, 0.717) is 17.8 Å². The average molecular weight is 302 g/mol. The molecule has 0 aromatic heterocycles. The Labute approximate surface area is 132 Å². The molecule has 2 N–H and O–H groups in total. The molecule has 1 aliphatic carbocycles. The third kappa shape index (κ3) is 4.86. The van der Waals surface area contributed by atoms with Crippen molar-refractivity contribution < 1.29 is 9.59 Å². The van der Waals surface area contributed by atoms with E-state index in [4.69, 9.17) is 0 Å². The number of anilines is 1. The quantitative estimate of drug-likeness (QED) is 0.787. The molecule has 0 aliphatic heterocycles. The molecule has 2 amide bonds. The van der Waals surface area contributed by atoms with Crippen molar-refractivity contribution in [1.29, 1.82) is 0 Å². The minimum absolute atomic E-state index is 0.0813. The fourth-order valence-electron chi connectivity index (χ4n) is 2.83. The van der Waals surface area contributed by atoms with E-state index in [0.717, 1.165) is 38.5 Å². The van der Waals surface area contributed by atoms with Crippen LogP contribution in [0.4, 0.5) is 5.69 Å². The molecule has 22 heavy (non-hydrogen) atoms. The molecule has 4 heteroatoms. The van der Waals surface area contributed by atoms with Crippen LogP contribution < -0.4 is 10.6 Å². The zero-order valence-corrected chi connectivity index (χ0v) is 13.4. The summed E-state index contributed by atoms with van der Waals surface area (Å²) in [4.78, 5) is 24.3. The summed E-state index contributed by atoms with van der Waals surface area (Å²) in [5.41, 5.74) is 1.30. The van der Waals surface area contributed by atoms with E-state index in [1.807, 2.05) is 12.1 Å². The van der Waals surface area contributed by atoms with Gasteiger partial charge in [0, 0.05) is 23.7 Å². The first-order valence-corrected chi connectivity index (χ1v) is 8.40. The summed E-state index contributed by atoms with van der Waals surface area (Å²) in [5, 5.41) is 5.85. The number of carbonyl (C=O) groups is 2. The van der Waals surface area contributed by atoms with Gasteiger partial charge in [0.15, 0.2) is 0 Å². The molecule has 4 nitrogen and oxygen atoms in total. The zero-order valence-electron chi connectivity index (χ0n) is 13.4. The van der Waals surface area contributed by atoms with Gasteiger partial charge in [-0.3, -0.25) is 9.59 Å². The number of benzene rings is 1. The number of rotatable bonds is 6. The van der Waals surface area contributed by atoms with Crippen molar-refractivity contribution in [2.75, 3.05) is 11.9 Å². The van der Waals surface area contributed by atoms with E-state index in [9.17, 15) is 9.59 Å². The third-order valence-electron chi connectivity index (χ3n) is 4.18. The van der Waals surface area contributed by atoms with Crippen molar-refractivity contribution in [1.82, 2.24) is 5.32 Å². The number of nitrogens with one attached hydrogen (secondary N) is 2. The first kappa shape index (κ1) is 16.5. The van der Waals surface area contributed by atoms with Crippen molar-refractivity contribution in [3.8, 4) is 0 Å². The molecule has 0 spiro atoms. The Hall–Kier alpha value is -1.84. The monoisotopic (exact) mass is 302 g/mol. The van der Waals surface area contributed by atoms with Crippen LogP contribution in [-0.2, 0) is 4.79 Å². The molecule has 0 saturated heterocycles. The van der Waals surface area contributed by atoms with Gasteiger partial charge in [-0.05, 0) is 37.5 Å². The predicted octanol–water partition coefficient (Wildman–Crippen LogP) is 3.74. The SMILES string of the molecule is CCCCNC(=O)c1cccc(NC(=O)C2CCCCC2)c1. The first-order chi connectivity index (χ1) is 10.7. The van der Waals surface area contributed by atoms with Gasteiger partial charge in [-0.1, -0.05) is 38.7 Å². The maximum atomic E-state index is 12.2. The van der Waals surface area contributed by atoms with Crippen LogP contribution in [0.3, 0.4) is 0 Å². The minimum Gasteiger partial charge on any atom is -0.352 e. The lowest BCUT2D eigenvalue weighted by molar-refractivity contribution is -0.120. The normalized spacial score (nSPS) is 15.3. The van der Waals surface area contributed by atoms with Gasteiger partial charge in [0.1, 0.15) is 0 Å². The lowest BCUT2D eigenvalue weighted by Gasteiger charge is -2.20. The molecule has 1 aromatic rings. The van der Waals surface area contributed by atoms with Crippen LogP contribution in [0, 0.1) is 5.92 Å². The second-order valence-electron chi connectivity index (χ2n) is 6.01. The van der Waals surface area contributed by atoms with Crippen molar-refractivity contribution in [3.63, 3.8) is 0 Å². The van der Waals surface area contributed by atoms with Crippen LogP contribution in [-0.4, -0.2) is 18.4 Å². The minimum atomic E-state index is -0.0813. The van der Waals surface area contributed by atoms with E-state index in [1.54, 1.807) is 12.1 Å². The van der Waals surface area contributed by atoms with E-state index in [1.165, 1.54) is 6.42 Å². The lowest BCUT2D eigenvalue weighted by Crippen LogP contribution is -2.26. The van der Waals surface area contributed by atoms with Gasteiger partial charge in [-0.25, -0.2) is 0 Å². The topological polar surface area (TPSA) is 58.2 Å². The maximum absolute atomic E-state index is 12.2. The Balaban J connectivity index is 1.92. The van der Waals surface area contributed by atoms with Crippen LogP contribution in [0.25, 0.3) is 0 Å². The molecule has 1 aromatic carbocycles. The van der Waals surface area contributed by atoms with Gasteiger partial charge in [-0.15, -0.1) is 0 Å². The highest BCUT2D eigenvalue weighted by molar-refractivity contribution is 5.97. The maximum Gasteiger partial charge on any atom is 0.251 e. The highest BCUT2D eigenvalue weighted by Gasteiger charge is 2.21. The van der Waals surface area contributed by atoms with Gasteiger partial charge in [0.25, 0.3) is 5.91 Å². The Morgan fingerprint density at radius 1 is 1.18 bits per heavy atom. The third-order valence-corrected chi connectivity index (χ3v) is 4.18. The van der Waals surface area contributed by atoms with Crippen LogP contribution in [0.15, 0.2) is 24.3 Å². The molecular formula is C18H26N2O2. The molecule has 0 unspecified atom stereocenters. The van der Waals surface area contributed by atoms with E-state index >= 15 is 0 Å². The van der Waals surface area contributed by atoms with Crippen LogP contribution in [0.1, 0.15) is 62.2 Å². The Morgan fingerprint density at radius 2 is 1.95 bits per heavy atom. The van der Waals surface area contributed by atoms with Crippen LogP contribution in [0.5, 0.6) is 0 Å². The predicted molar refractivity (Wildman–Crippen MR) is 88.9 cm³/mol. The standard InChI is InChI=1S/C18H26N2O2/c1-2-3-12-19-17(21)15-10-7-11-16(13-15)20-18(22)14-8-5-4-6-9-14/h7,10-11,13-14H,2-6,8-9,12H2,1H3,(H,19,21)(H,20,22). The lowest BCUT2D eigenvalue weighted by atomic mass is 9.88. The average Bonchev–Trinajstić information content (AvgIpc) is 2.56. The summed E-state index contributed by atoms with van der Waals surface area (Å²) in [6.45, 7) is 2.78. The number of hydrogen-bond donors (Lipinski definition) is 2.